The number of esters is 1. The van der Waals surface area contributed by atoms with Crippen LogP contribution in [0.5, 0.6) is 23.0 Å². The fraction of sp³-hybridized carbons (Fsp3) is 0.286. The van der Waals surface area contributed by atoms with Gasteiger partial charge in [0.15, 0.2) is 0 Å². The highest BCUT2D eigenvalue weighted by atomic mass is 16.5. The Morgan fingerprint density at radius 2 is 1.63 bits per heavy atom. The van der Waals surface area contributed by atoms with Gasteiger partial charge in [0.05, 0.1) is 33.5 Å². The lowest BCUT2D eigenvalue weighted by molar-refractivity contribution is -0.134. The number of fused-ring (bicyclic) bond motifs is 1. The van der Waals surface area contributed by atoms with E-state index in [-0.39, 0.29) is 0 Å². The standard InChI is InChI=1S/C21H22O6/c1-13(22)27-21-16(18-11-14(23-2)6-8-19(18)25-4)9-10-26-20-12-15(24-3)5-7-17(20)21/h5-8,11-12H,9-10H2,1-4H3. The molecular weight excluding hydrogens is 348 g/mol. The highest BCUT2D eigenvalue weighted by molar-refractivity contribution is 5.95. The molecule has 0 spiro atoms. The van der Waals surface area contributed by atoms with Gasteiger partial charge in [0, 0.05) is 30.5 Å². The van der Waals surface area contributed by atoms with Gasteiger partial charge in [-0.05, 0) is 30.3 Å². The van der Waals surface area contributed by atoms with Gasteiger partial charge >= 0.3 is 5.97 Å². The Morgan fingerprint density at radius 1 is 0.926 bits per heavy atom. The predicted molar refractivity (Wildman–Crippen MR) is 101 cm³/mol. The maximum atomic E-state index is 11.8. The van der Waals surface area contributed by atoms with Crippen LogP contribution in [-0.4, -0.2) is 33.9 Å². The van der Waals surface area contributed by atoms with Crippen molar-refractivity contribution in [2.75, 3.05) is 27.9 Å². The Bertz CT molecular complexity index is 884. The molecule has 1 heterocycles. The number of carbonyl (C=O) groups excluding carboxylic acids is 1. The minimum atomic E-state index is -0.409. The van der Waals surface area contributed by atoms with Crippen molar-refractivity contribution in [2.45, 2.75) is 13.3 Å². The molecule has 0 aliphatic carbocycles. The zero-order valence-corrected chi connectivity index (χ0v) is 15.8. The van der Waals surface area contributed by atoms with E-state index >= 15 is 0 Å². The molecule has 3 rings (SSSR count). The van der Waals surface area contributed by atoms with Gasteiger partial charge in [-0.15, -0.1) is 0 Å². The Kier molecular flexibility index (Phi) is 5.54. The van der Waals surface area contributed by atoms with Gasteiger partial charge in [0.1, 0.15) is 28.8 Å². The van der Waals surface area contributed by atoms with E-state index < -0.39 is 5.97 Å². The molecular formula is C21H22O6. The first-order valence-corrected chi connectivity index (χ1v) is 8.52. The zero-order valence-electron chi connectivity index (χ0n) is 15.8. The molecule has 0 saturated heterocycles. The summed E-state index contributed by atoms with van der Waals surface area (Å²) in [6.07, 6.45) is 0.531. The van der Waals surface area contributed by atoms with Crippen molar-refractivity contribution >= 4 is 17.3 Å². The third-order valence-electron chi connectivity index (χ3n) is 4.29. The van der Waals surface area contributed by atoms with E-state index in [0.29, 0.717) is 47.3 Å². The maximum absolute atomic E-state index is 11.8. The molecule has 0 fully saturated rings. The van der Waals surface area contributed by atoms with Crippen molar-refractivity contribution in [1.82, 2.24) is 0 Å². The summed E-state index contributed by atoms with van der Waals surface area (Å²) in [5.74, 6) is 2.64. The average molecular weight is 370 g/mol. The summed E-state index contributed by atoms with van der Waals surface area (Å²) in [6, 6.07) is 10.9. The number of carbonyl (C=O) groups is 1. The third-order valence-corrected chi connectivity index (χ3v) is 4.29. The number of rotatable bonds is 5. The molecule has 6 nitrogen and oxygen atoms in total. The lowest BCUT2D eigenvalue weighted by Gasteiger charge is -2.16. The number of benzene rings is 2. The minimum Gasteiger partial charge on any atom is -0.497 e. The fourth-order valence-corrected chi connectivity index (χ4v) is 3.04. The Hall–Kier alpha value is -3.15. The van der Waals surface area contributed by atoms with Gasteiger partial charge in [-0.3, -0.25) is 4.79 Å². The highest BCUT2D eigenvalue weighted by Gasteiger charge is 2.25. The molecule has 0 bridgehead atoms. The van der Waals surface area contributed by atoms with Gasteiger partial charge in [-0.2, -0.15) is 0 Å². The van der Waals surface area contributed by atoms with Gasteiger partial charge in [0.25, 0.3) is 0 Å². The molecule has 27 heavy (non-hydrogen) atoms. The van der Waals surface area contributed by atoms with Crippen molar-refractivity contribution in [3.8, 4) is 23.0 Å². The highest BCUT2D eigenvalue weighted by Crippen LogP contribution is 2.42. The second kappa shape index (κ2) is 8.03. The van der Waals surface area contributed by atoms with E-state index in [1.54, 1.807) is 33.5 Å². The first kappa shape index (κ1) is 18.6. The lowest BCUT2D eigenvalue weighted by Crippen LogP contribution is -2.03. The molecule has 0 amide bonds. The van der Waals surface area contributed by atoms with Crippen LogP contribution in [0.3, 0.4) is 0 Å². The summed E-state index contributed by atoms with van der Waals surface area (Å²) >= 11 is 0. The quantitative estimate of drug-likeness (QED) is 0.743. The summed E-state index contributed by atoms with van der Waals surface area (Å²) < 4.78 is 27.7. The second-order valence-electron chi connectivity index (χ2n) is 5.93. The summed E-state index contributed by atoms with van der Waals surface area (Å²) in [6.45, 7) is 1.79. The SMILES string of the molecule is COc1ccc2c(c1)OCCC(c1cc(OC)ccc1OC)=C2OC(C)=O. The van der Waals surface area contributed by atoms with E-state index in [0.717, 1.165) is 11.1 Å². The topological polar surface area (TPSA) is 63.2 Å². The molecule has 0 unspecified atom stereocenters. The van der Waals surface area contributed by atoms with E-state index in [9.17, 15) is 4.79 Å². The molecule has 0 saturated carbocycles. The van der Waals surface area contributed by atoms with Crippen LogP contribution in [-0.2, 0) is 9.53 Å². The monoisotopic (exact) mass is 370 g/mol. The number of hydrogen-bond donors (Lipinski definition) is 0. The van der Waals surface area contributed by atoms with Crippen molar-refractivity contribution in [3.63, 3.8) is 0 Å². The number of ether oxygens (including phenoxy) is 5. The van der Waals surface area contributed by atoms with Crippen molar-refractivity contribution in [2.24, 2.45) is 0 Å². The van der Waals surface area contributed by atoms with Crippen molar-refractivity contribution in [3.05, 3.63) is 47.5 Å². The van der Waals surface area contributed by atoms with Crippen LogP contribution >= 0.6 is 0 Å². The van der Waals surface area contributed by atoms with Crippen molar-refractivity contribution in [1.29, 1.82) is 0 Å². The average Bonchev–Trinajstić information content (AvgIpc) is 2.86. The van der Waals surface area contributed by atoms with Crippen LogP contribution in [0.1, 0.15) is 24.5 Å². The largest absolute Gasteiger partial charge is 0.497 e. The molecule has 1 aliphatic heterocycles. The van der Waals surface area contributed by atoms with Crippen LogP contribution in [0.15, 0.2) is 36.4 Å². The fourth-order valence-electron chi connectivity index (χ4n) is 3.04. The first-order valence-electron chi connectivity index (χ1n) is 8.52. The Labute approximate surface area is 158 Å². The van der Waals surface area contributed by atoms with Crippen LogP contribution in [0, 0.1) is 0 Å². The summed E-state index contributed by atoms with van der Waals surface area (Å²) in [7, 11) is 4.79. The van der Waals surface area contributed by atoms with Crippen LogP contribution in [0.4, 0.5) is 0 Å². The van der Waals surface area contributed by atoms with Gasteiger partial charge < -0.3 is 23.7 Å². The molecule has 2 aromatic rings. The summed E-state index contributed by atoms with van der Waals surface area (Å²) in [4.78, 5) is 11.8. The van der Waals surface area contributed by atoms with Gasteiger partial charge in [0.2, 0.25) is 0 Å². The molecule has 0 N–H and O–H groups in total. The van der Waals surface area contributed by atoms with Crippen LogP contribution < -0.4 is 18.9 Å². The second-order valence-corrected chi connectivity index (χ2v) is 5.93. The van der Waals surface area contributed by atoms with E-state index in [1.165, 1.54) is 6.92 Å². The molecule has 0 aromatic heterocycles. The van der Waals surface area contributed by atoms with Gasteiger partial charge in [-0.1, -0.05) is 0 Å². The third kappa shape index (κ3) is 3.84. The smallest absolute Gasteiger partial charge is 0.308 e. The summed E-state index contributed by atoms with van der Waals surface area (Å²) in [5.41, 5.74) is 2.29. The predicted octanol–water partition coefficient (Wildman–Crippen LogP) is 3.93. The molecule has 1 aliphatic rings. The van der Waals surface area contributed by atoms with Crippen LogP contribution in [0.25, 0.3) is 11.3 Å². The normalized spacial score (nSPS) is 13.2. The summed E-state index contributed by atoms with van der Waals surface area (Å²) in [5, 5.41) is 0. The molecule has 0 atom stereocenters. The first-order chi connectivity index (χ1) is 13.1. The van der Waals surface area contributed by atoms with Gasteiger partial charge in [-0.25, -0.2) is 0 Å². The van der Waals surface area contributed by atoms with E-state index in [1.807, 2.05) is 24.3 Å². The molecule has 2 aromatic carbocycles. The number of methoxy groups -OCH3 is 3. The number of hydrogen-bond acceptors (Lipinski definition) is 6. The maximum Gasteiger partial charge on any atom is 0.308 e. The zero-order chi connectivity index (χ0) is 19.4. The molecule has 0 radical (unpaired) electrons. The Balaban J connectivity index is 2.25. The minimum absolute atomic E-state index is 0.409. The lowest BCUT2D eigenvalue weighted by atomic mass is 9.97. The van der Waals surface area contributed by atoms with Crippen LogP contribution in [0.2, 0.25) is 0 Å². The van der Waals surface area contributed by atoms with E-state index in [2.05, 4.69) is 0 Å². The molecule has 142 valence electrons. The molecule has 6 heteroatoms. The van der Waals surface area contributed by atoms with E-state index in [4.69, 9.17) is 23.7 Å². The Morgan fingerprint density at radius 3 is 2.30 bits per heavy atom. The van der Waals surface area contributed by atoms with Crippen molar-refractivity contribution < 1.29 is 28.5 Å².